The summed E-state index contributed by atoms with van der Waals surface area (Å²) < 4.78 is 23.9. The molecular weight excluding hydrogens is 830 g/mol. The van der Waals surface area contributed by atoms with Crippen molar-refractivity contribution in [3.05, 3.63) is 53.6 Å². The van der Waals surface area contributed by atoms with E-state index in [2.05, 4.69) is 27.0 Å². The molecule has 3 aromatic rings. The van der Waals surface area contributed by atoms with Crippen molar-refractivity contribution in [2.24, 2.45) is 0 Å². The molecule has 0 amide bonds. The third kappa shape index (κ3) is 18.3. The lowest BCUT2D eigenvalue weighted by molar-refractivity contribution is -0.431. The Kier molecular flexibility index (Phi) is 19.8. The van der Waals surface area contributed by atoms with Gasteiger partial charge >= 0.3 is 5.97 Å². The van der Waals surface area contributed by atoms with Crippen LogP contribution in [0.25, 0.3) is 11.6 Å². The average molecular weight is 878 g/mol. The maximum atomic E-state index is 13.2. The number of aromatic nitrogens is 5. The third-order valence-corrected chi connectivity index (χ3v) is 12.9. The standard InChI is InChI=1S/C32H51N7O14P4/c1-5-50-56(48,51-6-2)25-36(23-54(42,43)44)21-28-15-17-38(34-28)30-19-27(13-11-9-10-12-14-32(40)41)20-31(33-30)39-18-16-29(35-39)22-37(24-55(45,46)47)26-57(49,52-7-3)53-8-4/h15-20H,5-10,12,14,21-26H2,1-4H3,(H,40,41)(H2,42,43,44)(H2,45,46,47)/p-4. The summed E-state index contributed by atoms with van der Waals surface area (Å²) in [6, 6.07) is 6.29. The van der Waals surface area contributed by atoms with E-state index < -0.39 is 62.9 Å². The molecule has 57 heavy (non-hydrogen) atoms. The Labute approximate surface area is 333 Å². The predicted molar refractivity (Wildman–Crippen MR) is 196 cm³/mol. The number of pyridine rings is 1. The molecule has 0 saturated carbocycles. The quantitative estimate of drug-likeness (QED) is 0.0516. The van der Waals surface area contributed by atoms with Gasteiger partial charge in [-0.05, 0) is 64.8 Å². The smallest absolute Gasteiger partial charge is 0.303 e. The van der Waals surface area contributed by atoms with Crippen molar-refractivity contribution in [1.29, 1.82) is 0 Å². The third-order valence-electron chi connectivity index (χ3n) is 7.30. The Morgan fingerprint density at radius 2 is 1.12 bits per heavy atom. The number of hydrogen-bond acceptors (Lipinski definition) is 18. The van der Waals surface area contributed by atoms with E-state index in [4.69, 9.17) is 23.2 Å². The number of aliphatic carboxylic acids is 1. The molecular formula is C32H47N7O14P4-4. The van der Waals surface area contributed by atoms with Crippen LogP contribution in [0.3, 0.4) is 0 Å². The van der Waals surface area contributed by atoms with Crippen LogP contribution >= 0.6 is 31.8 Å². The van der Waals surface area contributed by atoms with Gasteiger partial charge in [0.2, 0.25) is 0 Å². The first kappa shape index (κ1) is 49.1. The molecule has 0 aliphatic heterocycles. The number of carbonyl (C=O) groups is 1. The summed E-state index contributed by atoms with van der Waals surface area (Å²) in [5.74, 6) is 5.57. The van der Waals surface area contributed by atoms with Crippen LogP contribution in [0, 0.1) is 11.8 Å². The Hall–Kier alpha value is -2.24. The molecule has 3 heterocycles. The van der Waals surface area contributed by atoms with E-state index in [9.17, 15) is 43.9 Å². The highest BCUT2D eigenvalue weighted by molar-refractivity contribution is 7.59. The molecule has 0 spiro atoms. The molecule has 25 heteroatoms. The summed E-state index contributed by atoms with van der Waals surface area (Å²) in [6.45, 7) is 5.98. The van der Waals surface area contributed by atoms with Crippen molar-refractivity contribution in [3.63, 3.8) is 0 Å². The fourth-order valence-corrected chi connectivity index (χ4v) is 10.5. The number of carboxylic acid groups (broad SMARTS) is 1. The van der Waals surface area contributed by atoms with Gasteiger partial charge in [0.1, 0.15) is 0 Å². The SMILES string of the molecule is CCO[P+]([O-])(CN(Cc1ccn(-c2cc(C#CCCCCC(=O)O)cc(-n3ccc(CN(C[P+]([O-])([O-])[O-])C[P+]([O-])(OCC)OCC)n3)n2)n1)C[P+]([O-])([O-])[O-])OCC. The first-order valence-electron chi connectivity index (χ1n) is 17.8. The fraction of sp³-hybridized carbons (Fsp3) is 0.562. The van der Waals surface area contributed by atoms with Crippen molar-refractivity contribution in [2.45, 2.75) is 66.5 Å². The molecule has 0 saturated heterocycles. The van der Waals surface area contributed by atoms with Crippen molar-refractivity contribution < 1.29 is 67.1 Å². The van der Waals surface area contributed by atoms with Gasteiger partial charge in [-0.2, -0.15) is 10.2 Å². The molecule has 0 aliphatic rings. The number of unbranched alkanes of at least 4 members (excludes halogenated alkanes) is 2. The lowest BCUT2D eigenvalue weighted by Crippen LogP contribution is -2.43. The largest absolute Gasteiger partial charge is 0.687 e. The van der Waals surface area contributed by atoms with E-state index in [1.807, 2.05) is 0 Å². The Balaban J connectivity index is 1.98. The van der Waals surface area contributed by atoms with Crippen LogP contribution in [0.15, 0.2) is 36.7 Å². The van der Waals surface area contributed by atoms with Crippen LogP contribution in [0.2, 0.25) is 0 Å². The maximum Gasteiger partial charge on any atom is 0.303 e. The van der Waals surface area contributed by atoms with Crippen LogP contribution in [-0.4, -0.2) is 97.0 Å². The van der Waals surface area contributed by atoms with Crippen LogP contribution in [0.1, 0.15) is 70.3 Å². The Bertz CT molecular complexity index is 1650. The molecule has 3 rings (SSSR count). The first-order valence-corrected chi connectivity index (χ1v) is 24.7. The molecule has 0 aromatic carbocycles. The normalized spacial score (nSPS) is 12.7. The molecule has 21 nitrogen and oxygen atoms in total. The van der Waals surface area contributed by atoms with Crippen molar-refractivity contribution in [3.8, 4) is 23.5 Å². The topological polar surface area (TPSA) is 314 Å². The minimum absolute atomic E-state index is 0.00926. The highest BCUT2D eigenvalue weighted by atomic mass is 31.2. The van der Waals surface area contributed by atoms with Crippen molar-refractivity contribution >= 4 is 37.7 Å². The van der Waals surface area contributed by atoms with Crippen molar-refractivity contribution in [2.75, 3.05) is 51.6 Å². The highest BCUT2D eigenvalue weighted by Gasteiger charge is 2.35. The zero-order chi connectivity index (χ0) is 42.3. The van der Waals surface area contributed by atoms with Gasteiger partial charge in [0.15, 0.2) is 24.2 Å². The van der Waals surface area contributed by atoms with Crippen LogP contribution in [0.5, 0.6) is 0 Å². The summed E-state index contributed by atoms with van der Waals surface area (Å²) in [6.07, 6.45) is 1.50. The van der Waals surface area contributed by atoms with Crippen LogP contribution < -0.4 is 39.1 Å². The molecule has 0 aliphatic carbocycles. The monoisotopic (exact) mass is 877 g/mol. The minimum Gasteiger partial charge on any atom is -0.687 e. The molecule has 0 radical (unpaired) electrons. The van der Waals surface area contributed by atoms with Gasteiger partial charge in [-0.15, -0.1) is 15.9 Å². The van der Waals surface area contributed by atoms with Gasteiger partial charge in [0.25, 0.3) is 15.9 Å². The second-order valence-electron chi connectivity index (χ2n) is 12.3. The van der Waals surface area contributed by atoms with Crippen LogP contribution in [0.4, 0.5) is 0 Å². The first-order chi connectivity index (χ1) is 26.8. The summed E-state index contributed by atoms with van der Waals surface area (Å²) in [5, 5.41) is 17.9. The lowest BCUT2D eigenvalue weighted by atomic mass is 10.2. The number of nitrogens with zero attached hydrogens (tertiary/aromatic N) is 7. The molecule has 0 fully saturated rings. The summed E-state index contributed by atoms with van der Waals surface area (Å²) >= 11 is 0. The summed E-state index contributed by atoms with van der Waals surface area (Å²) in [4.78, 5) is 115. The number of hydrogen-bond donors (Lipinski definition) is 1. The van der Waals surface area contributed by atoms with E-state index in [0.29, 0.717) is 24.8 Å². The molecule has 318 valence electrons. The molecule has 0 atom stereocenters. The zero-order valence-electron chi connectivity index (χ0n) is 32.0. The maximum absolute atomic E-state index is 13.2. The van der Waals surface area contributed by atoms with Gasteiger partial charge in [0, 0.05) is 43.9 Å². The van der Waals surface area contributed by atoms with Gasteiger partial charge in [0.05, 0.1) is 50.4 Å². The number of carboxylic acids is 1. The zero-order valence-corrected chi connectivity index (χ0v) is 35.6. The molecule has 1 N–H and O–H groups in total. The number of rotatable bonds is 26. The lowest BCUT2D eigenvalue weighted by Gasteiger charge is -2.45. The van der Waals surface area contributed by atoms with E-state index >= 15 is 0 Å². The Morgan fingerprint density at radius 1 is 0.702 bits per heavy atom. The Morgan fingerprint density at radius 3 is 1.49 bits per heavy atom. The van der Waals surface area contributed by atoms with Gasteiger partial charge in [-0.25, -0.2) is 42.2 Å². The van der Waals surface area contributed by atoms with E-state index in [1.165, 1.54) is 33.9 Å². The van der Waals surface area contributed by atoms with E-state index in [-0.39, 0.29) is 69.0 Å². The van der Waals surface area contributed by atoms with Crippen molar-refractivity contribution in [1.82, 2.24) is 34.3 Å². The van der Waals surface area contributed by atoms with E-state index in [0.717, 1.165) is 9.80 Å². The summed E-state index contributed by atoms with van der Waals surface area (Å²) in [5.41, 5.74) is 0.993. The second-order valence-corrected chi connectivity index (χ2v) is 19.4. The van der Waals surface area contributed by atoms with Gasteiger partial charge in [-0.3, -0.25) is 4.79 Å². The predicted octanol–water partition coefficient (Wildman–Crippen LogP) is -2.04. The molecule has 0 bridgehead atoms. The highest BCUT2D eigenvalue weighted by Crippen LogP contribution is 2.54. The summed E-state index contributed by atoms with van der Waals surface area (Å²) in [7, 11) is -17.8. The minimum atomic E-state index is -5.12. The fourth-order valence-electron chi connectivity index (χ4n) is 5.36. The average Bonchev–Trinajstić information content (AvgIpc) is 3.75. The van der Waals surface area contributed by atoms with Gasteiger partial charge < -0.3 is 44.3 Å². The van der Waals surface area contributed by atoms with Crippen LogP contribution in [-0.2, 0) is 36.0 Å². The van der Waals surface area contributed by atoms with E-state index in [1.54, 1.807) is 39.8 Å². The molecule has 3 aromatic heterocycles. The molecule has 0 unspecified atom stereocenters. The second kappa shape index (κ2) is 22.9. The van der Waals surface area contributed by atoms with Gasteiger partial charge in [-0.1, -0.05) is 11.8 Å².